The molecule has 74 valence electrons. The monoisotopic (exact) mass is 190 g/mol. The van der Waals surface area contributed by atoms with Crippen molar-refractivity contribution >= 4 is 5.78 Å². The van der Waals surface area contributed by atoms with Crippen LogP contribution in [0.2, 0.25) is 0 Å². The second-order valence-corrected chi connectivity index (χ2v) is 3.56. The molecule has 0 aliphatic heterocycles. The number of hydrogen-bond acceptors (Lipinski definition) is 2. The third-order valence-electron chi connectivity index (χ3n) is 2.66. The van der Waals surface area contributed by atoms with E-state index in [1.54, 1.807) is 0 Å². The maximum absolute atomic E-state index is 11.2. The number of ketones is 1. The fraction of sp³-hybridized carbons (Fsp3) is 0.417. The molecule has 0 saturated heterocycles. The third-order valence-corrected chi connectivity index (χ3v) is 2.66. The van der Waals surface area contributed by atoms with E-state index in [1.807, 2.05) is 31.2 Å². The summed E-state index contributed by atoms with van der Waals surface area (Å²) in [5, 5.41) is 0. The molecule has 1 aliphatic rings. The molecule has 0 N–H and O–H groups in total. The van der Waals surface area contributed by atoms with Crippen LogP contribution in [-0.2, 0) is 4.79 Å². The number of carbonyl (C=O) groups is 1. The summed E-state index contributed by atoms with van der Waals surface area (Å²) in [5.74, 6) is 1.41. The molecule has 2 heteroatoms. The molecule has 0 heterocycles. The zero-order valence-electron chi connectivity index (χ0n) is 8.32. The van der Waals surface area contributed by atoms with Gasteiger partial charge in [-0.25, -0.2) is 0 Å². The van der Waals surface area contributed by atoms with E-state index in [2.05, 4.69) is 0 Å². The molecule has 14 heavy (non-hydrogen) atoms. The largest absolute Gasteiger partial charge is 0.494 e. The highest BCUT2D eigenvalue weighted by Gasteiger charge is 2.29. The summed E-state index contributed by atoms with van der Waals surface area (Å²) < 4.78 is 5.33. The van der Waals surface area contributed by atoms with Gasteiger partial charge in [-0.05, 0) is 31.0 Å². The van der Waals surface area contributed by atoms with Gasteiger partial charge in [0.25, 0.3) is 0 Å². The first-order valence-electron chi connectivity index (χ1n) is 5.06. The van der Waals surface area contributed by atoms with Crippen LogP contribution in [-0.4, -0.2) is 12.4 Å². The average Bonchev–Trinajstić information content (AvgIpc) is 2.19. The topological polar surface area (TPSA) is 26.3 Å². The summed E-state index contributed by atoms with van der Waals surface area (Å²) in [6.07, 6.45) is 1.75. The lowest BCUT2D eigenvalue weighted by Gasteiger charge is -2.24. The Bertz CT molecular complexity index is 327. The summed E-state index contributed by atoms with van der Waals surface area (Å²) >= 11 is 0. The summed E-state index contributed by atoms with van der Waals surface area (Å²) in [5.41, 5.74) is 1.13. The fourth-order valence-corrected chi connectivity index (χ4v) is 1.72. The molecule has 0 bridgehead atoms. The highest BCUT2D eigenvalue weighted by molar-refractivity contribution is 5.91. The van der Waals surface area contributed by atoms with Crippen LogP contribution < -0.4 is 4.74 Å². The molecule has 1 atom stereocenters. The summed E-state index contributed by atoms with van der Waals surface area (Å²) in [4.78, 5) is 11.2. The molecular weight excluding hydrogens is 176 g/mol. The predicted octanol–water partition coefficient (Wildman–Crippen LogP) is 2.53. The van der Waals surface area contributed by atoms with Gasteiger partial charge in [0.05, 0.1) is 6.61 Å². The molecule has 0 aromatic heterocycles. The Hall–Kier alpha value is -1.31. The van der Waals surface area contributed by atoms with Gasteiger partial charge in [-0.15, -0.1) is 0 Å². The van der Waals surface area contributed by atoms with Gasteiger partial charge in [0.2, 0.25) is 0 Å². The highest BCUT2D eigenvalue weighted by atomic mass is 16.5. The number of carbonyl (C=O) groups excluding carboxylic acids is 1. The van der Waals surface area contributed by atoms with Crippen LogP contribution in [0, 0.1) is 0 Å². The second-order valence-electron chi connectivity index (χ2n) is 3.56. The van der Waals surface area contributed by atoms with Gasteiger partial charge in [-0.3, -0.25) is 4.79 Å². The van der Waals surface area contributed by atoms with Crippen molar-refractivity contribution in [3.8, 4) is 5.75 Å². The van der Waals surface area contributed by atoms with Crippen molar-refractivity contribution in [2.45, 2.75) is 25.7 Å². The SMILES string of the molecule is CCOc1ccc(C2CCC2=O)cc1. The quantitative estimate of drug-likeness (QED) is 0.732. The van der Waals surface area contributed by atoms with Crippen molar-refractivity contribution in [2.24, 2.45) is 0 Å². The molecule has 0 radical (unpaired) electrons. The second kappa shape index (κ2) is 3.82. The minimum atomic E-state index is 0.158. The van der Waals surface area contributed by atoms with Crippen molar-refractivity contribution in [2.75, 3.05) is 6.61 Å². The normalized spacial score (nSPS) is 20.4. The summed E-state index contributed by atoms with van der Waals surface area (Å²) in [7, 11) is 0. The predicted molar refractivity (Wildman–Crippen MR) is 54.6 cm³/mol. The lowest BCUT2D eigenvalue weighted by molar-refractivity contribution is -0.125. The van der Waals surface area contributed by atoms with E-state index in [1.165, 1.54) is 0 Å². The van der Waals surface area contributed by atoms with E-state index in [9.17, 15) is 4.79 Å². The van der Waals surface area contributed by atoms with E-state index in [0.717, 1.165) is 24.2 Å². The smallest absolute Gasteiger partial charge is 0.140 e. The zero-order valence-corrected chi connectivity index (χ0v) is 8.32. The minimum absolute atomic E-state index is 0.158. The Kier molecular flexibility index (Phi) is 2.53. The van der Waals surface area contributed by atoms with Crippen molar-refractivity contribution in [3.63, 3.8) is 0 Å². The Morgan fingerprint density at radius 3 is 2.50 bits per heavy atom. The first-order chi connectivity index (χ1) is 6.81. The maximum Gasteiger partial charge on any atom is 0.140 e. The van der Waals surface area contributed by atoms with Crippen molar-refractivity contribution in [1.29, 1.82) is 0 Å². The number of ether oxygens (including phenoxy) is 1. The molecule has 0 amide bonds. The summed E-state index contributed by atoms with van der Waals surface area (Å²) in [6.45, 7) is 2.64. The van der Waals surface area contributed by atoms with E-state index in [4.69, 9.17) is 4.74 Å². The first kappa shape index (κ1) is 9.25. The van der Waals surface area contributed by atoms with Gasteiger partial charge < -0.3 is 4.74 Å². The minimum Gasteiger partial charge on any atom is -0.494 e. The van der Waals surface area contributed by atoms with Crippen LogP contribution in [0.5, 0.6) is 5.75 Å². The summed E-state index contributed by atoms with van der Waals surface area (Å²) in [6, 6.07) is 7.86. The number of rotatable bonds is 3. The van der Waals surface area contributed by atoms with E-state index in [-0.39, 0.29) is 5.92 Å². The molecule has 1 unspecified atom stereocenters. The Balaban J connectivity index is 2.09. The lowest BCUT2D eigenvalue weighted by atomic mass is 9.79. The molecule has 1 aliphatic carbocycles. The number of Topliss-reactive ketones (excluding diaryl/α,β-unsaturated/α-hetero) is 1. The van der Waals surface area contributed by atoms with Gasteiger partial charge in [0.1, 0.15) is 11.5 Å². The number of hydrogen-bond donors (Lipinski definition) is 0. The highest BCUT2D eigenvalue weighted by Crippen LogP contribution is 2.33. The Morgan fingerprint density at radius 1 is 1.36 bits per heavy atom. The molecule has 0 spiro atoms. The average molecular weight is 190 g/mol. The van der Waals surface area contributed by atoms with E-state index < -0.39 is 0 Å². The molecule has 1 saturated carbocycles. The van der Waals surface area contributed by atoms with Crippen LogP contribution in [0.25, 0.3) is 0 Å². The van der Waals surface area contributed by atoms with Gasteiger partial charge in [-0.2, -0.15) is 0 Å². The van der Waals surface area contributed by atoms with Gasteiger partial charge in [0.15, 0.2) is 0 Å². The van der Waals surface area contributed by atoms with Crippen LogP contribution in [0.1, 0.15) is 31.2 Å². The standard InChI is InChI=1S/C12H14O2/c1-2-14-10-5-3-9(4-6-10)11-7-8-12(11)13/h3-6,11H,2,7-8H2,1H3. The van der Waals surface area contributed by atoms with E-state index >= 15 is 0 Å². The van der Waals surface area contributed by atoms with Gasteiger partial charge in [-0.1, -0.05) is 12.1 Å². The number of benzene rings is 1. The molecule has 2 rings (SSSR count). The fourth-order valence-electron chi connectivity index (χ4n) is 1.72. The van der Waals surface area contributed by atoms with Crippen LogP contribution in [0.15, 0.2) is 24.3 Å². The van der Waals surface area contributed by atoms with E-state index in [0.29, 0.717) is 12.4 Å². The van der Waals surface area contributed by atoms with Gasteiger partial charge in [0, 0.05) is 12.3 Å². The van der Waals surface area contributed by atoms with Crippen LogP contribution >= 0.6 is 0 Å². The maximum atomic E-state index is 11.2. The Morgan fingerprint density at radius 2 is 2.07 bits per heavy atom. The molecular formula is C12H14O2. The first-order valence-corrected chi connectivity index (χ1v) is 5.06. The van der Waals surface area contributed by atoms with Crippen LogP contribution in [0.4, 0.5) is 0 Å². The van der Waals surface area contributed by atoms with Crippen LogP contribution in [0.3, 0.4) is 0 Å². The zero-order chi connectivity index (χ0) is 9.97. The van der Waals surface area contributed by atoms with Gasteiger partial charge >= 0.3 is 0 Å². The molecule has 1 aromatic carbocycles. The van der Waals surface area contributed by atoms with Crippen molar-refractivity contribution in [1.82, 2.24) is 0 Å². The Labute approximate surface area is 83.9 Å². The third kappa shape index (κ3) is 1.65. The van der Waals surface area contributed by atoms with Crippen molar-refractivity contribution < 1.29 is 9.53 Å². The molecule has 2 nitrogen and oxygen atoms in total. The molecule has 1 fully saturated rings. The molecule has 1 aromatic rings. The lowest BCUT2D eigenvalue weighted by Crippen LogP contribution is -2.22. The van der Waals surface area contributed by atoms with Crippen molar-refractivity contribution in [3.05, 3.63) is 29.8 Å².